The fraction of sp³-hybridized carbons (Fsp3) is 0.562. The molecule has 0 heterocycles. The molecule has 4 N–H and O–H groups in total. The van der Waals surface area contributed by atoms with Crippen LogP contribution in [0.4, 0.5) is 5.69 Å². The summed E-state index contributed by atoms with van der Waals surface area (Å²) in [5.41, 5.74) is 5.81. The zero-order chi connectivity index (χ0) is 15.5. The van der Waals surface area contributed by atoms with Gasteiger partial charge in [-0.05, 0) is 30.9 Å². The molecule has 116 valence electrons. The van der Waals surface area contributed by atoms with Gasteiger partial charge in [-0.2, -0.15) is 0 Å². The molecule has 2 atom stereocenters. The quantitative estimate of drug-likeness (QED) is 0.741. The Kier molecular flexibility index (Phi) is 4.73. The van der Waals surface area contributed by atoms with Crippen molar-refractivity contribution in [2.24, 2.45) is 5.92 Å². The lowest BCUT2D eigenvalue weighted by Gasteiger charge is -2.35. The number of anilines is 1. The van der Waals surface area contributed by atoms with Crippen molar-refractivity contribution in [3.05, 3.63) is 23.8 Å². The summed E-state index contributed by atoms with van der Waals surface area (Å²) >= 11 is 0. The number of nitrogen functional groups attached to an aromatic ring is 1. The van der Waals surface area contributed by atoms with E-state index in [0.717, 1.165) is 25.7 Å². The van der Waals surface area contributed by atoms with Crippen LogP contribution in [0.2, 0.25) is 0 Å². The lowest BCUT2D eigenvalue weighted by molar-refractivity contribution is -0.0109. The van der Waals surface area contributed by atoms with Crippen molar-refractivity contribution >= 4 is 11.6 Å². The van der Waals surface area contributed by atoms with Crippen molar-refractivity contribution in [1.82, 2.24) is 5.32 Å². The summed E-state index contributed by atoms with van der Waals surface area (Å²) in [7, 11) is 1.48. The normalized spacial score (nSPS) is 25.4. The number of ether oxygens (including phenoxy) is 1. The van der Waals surface area contributed by atoms with Crippen molar-refractivity contribution in [2.45, 2.75) is 38.2 Å². The molecule has 1 aromatic carbocycles. The van der Waals surface area contributed by atoms with E-state index in [0.29, 0.717) is 22.9 Å². The van der Waals surface area contributed by atoms with Gasteiger partial charge in [-0.3, -0.25) is 4.79 Å². The number of rotatable bonds is 4. The second-order valence-corrected chi connectivity index (χ2v) is 6.04. The highest BCUT2D eigenvalue weighted by Crippen LogP contribution is 2.32. The Balaban J connectivity index is 2.04. The fourth-order valence-corrected chi connectivity index (χ4v) is 3.09. The molecule has 0 aromatic heterocycles. The maximum absolute atomic E-state index is 12.3. The largest absolute Gasteiger partial charge is 0.494 e. The molecular weight excluding hydrogens is 268 g/mol. The molecule has 5 heteroatoms. The summed E-state index contributed by atoms with van der Waals surface area (Å²) in [4.78, 5) is 12.3. The van der Waals surface area contributed by atoms with E-state index in [1.54, 1.807) is 18.2 Å². The average Bonchev–Trinajstić information content (AvgIpc) is 2.44. The third-order valence-electron chi connectivity index (χ3n) is 4.14. The van der Waals surface area contributed by atoms with Gasteiger partial charge < -0.3 is 20.9 Å². The van der Waals surface area contributed by atoms with Gasteiger partial charge in [0.25, 0.3) is 5.91 Å². The molecule has 1 saturated carbocycles. The van der Waals surface area contributed by atoms with Gasteiger partial charge >= 0.3 is 0 Å². The van der Waals surface area contributed by atoms with Crippen LogP contribution >= 0.6 is 0 Å². The number of hydrogen-bond donors (Lipinski definition) is 3. The van der Waals surface area contributed by atoms with Gasteiger partial charge in [0.1, 0.15) is 0 Å². The third kappa shape index (κ3) is 3.67. The maximum atomic E-state index is 12.3. The van der Waals surface area contributed by atoms with Crippen LogP contribution in [0.5, 0.6) is 5.75 Å². The Labute approximate surface area is 125 Å². The number of nitrogens with one attached hydrogen (secondary N) is 1. The molecule has 0 spiro atoms. The van der Waals surface area contributed by atoms with Crippen LogP contribution < -0.4 is 15.8 Å². The Morgan fingerprint density at radius 2 is 2.33 bits per heavy atom. The number of aliphatic hydroxyl groups is 1. The lowest BCUT2D eigenvalue weighted by atomic mass is 9.79. The first-order valence-electron chi connectivity index (χ1n) is 7.38. The zero-order valence-electron chi connectivity index (χ0n) is 12.7. The molecule has 21 heavy (non-hydrogen) atoms. The number of carbonyl (C=O) groups excluding carboxylic acids is 1. The number of para-hydroxylation sites is 1. The lowest BCUT2D eigenvalue weighted by Crippen LogP contribution is -2.45. The van der Waals surface area contributed by atoms with E-state index in [1.807, 2.05) is 0 Å². The fourth-order valence-electron chi connectivity index (χ4n) is 3.09. The Morgan fingerprint density at radius 3 is 3.00 bits per heavy atom. The van der Waals surface area contributed by atoms with Crippen LogP contribution in [0.25, 0.3) is 0 Å². The number of carbonyl (C=O) groups is 1. The van der Waals surface area contributed by atoms with Gasteiger partial charge in [0.2, 0.25) is 0 Å². The van der Waals surface area contributed by atoms with Gasteiger partial charge in [-0.25, -0.2) is 0 Å². The highest BCUT2D eigenvalue weighted by molar-refractivity contribution is 5.98. The number of methoxy groups -OCH3 is 1. The summed E-state index contributed by atoms with van der Waals surface area (Å²) in [6.07, 6.45) is 3.58. The van der Waals surface area contributed by atoms with E-state index in [1.165, 1.54) is 7.11 Å². The van der Waals surface area contributed by atoms with Crippen LogP contribution in [0.3, 0.4) is 0 Å². The molecule has 2 rings (SSSR count). The van der Waals surface area contributed by atoms with Crippen molar-refractivity contribution < 1.29 is 14.6 Å². The van der Waals surface area contributed by atoms with Gasteiger partial charge in [0.05, 0.1) is 24.0 Å². The molecule has 1 amide bonds. The average molecular weight is 292 g/mol. The standard InChI is InChI=1S/C16H24N2O3/c1-11-5-4-8-16(20,9-11)10-18-15(19)12-6-3-7-13(17)14(12)21-2/h3,6-7,11,20H,4-5,8-10,17H2,1-2H3,(H,18,19). The molecule has 5 nitrogen and oxygen atoms in total. The predicted molar refractivity (Wildman–Crippen MR) is 82.3 cm³/mol. The Morgan fingerprint density at radius 1 is 1.57 bits per heavy atom. The van der Waals surface area contributed by atoms with E-state index in [9.17, 15) is 9.90 Å². The SMILES string of the molecule is COc1c(N)cccc1C(=O)NCC1(O)CCCC(C)C1. The molecule has 2 unspecified atom stereocenters. The van der Waals surface area contributed by atoms with Gasteiger partial charge in [0, 0.05) is 6.54 Å². The number of amides is 1. The maximum Gasteiger partial charge on any atom is 0.255 e. The Hall–Kier alpha value is -1.75. The molecule has 1 aliphatic carbocycles. The highest BCUT2D eigenvalue weighted by atomic mass is 16.5. The second kappa shape index (κ2) is 6.35. The summed E-state index contributed by atoms with van der Waals surface area (Å²) < 4.78 is 5.18. The number of hydrogen-bond acceptors (Lipinski definition) is 4. The minimum absolute atomic E-state index is 0.258. The van der Waals surface area contributed by atoms with Crippen LogP contribution in [0.1, 0.15) is 43.0 Å². The Bertz CT molecular complexity index is 518. The van der Waals surface area contributed by atoms with E-state index in [-0.39, 0.29) is 12.5 Å². The first-order chi connectivity index (χ1) is 9.95. The minimum atomic E-state index is -0.805. The molecular formula is C16H24N2O3. The van der Waals surface area contributed by atoms with Gasteiger partial charge in [-0.1, -0.05) is 25.8 Å². The van der Waals surface area contributed by atoms with Gasteiger partial charge in [0.15, 0.2) is 5.75 Å². The molecule has 0 aliphatic heterocycles. The van der Waals surface area contributed by atoms with Crippen molar-refractivity contribution in [3.8, 4) is 5.75 Å². The van der Waals surface area contributed by atoms with Crippen LogP contribution in [-0.4, -0.2) is 30.3 Å². The van der Waals surface area contributed by atoms with E-state index in [2.05, 4.69) is 12.2 Å². The van der Waals surface area contributed by atoms with E-state index in [4.69, 9.17) is 10.5 Å². The molecule has 0 saturated heterocycles. The van der Waals surface area contributed by atoms with Gasteiger partial charge in [-0.15, -0.1) is 0 Å². The first kappa shape index (κ1) is 15.6. The predicted octanol–water partition coefficient (Wildman–Crippen LogP) is 1.95. The molecule has 1 aliphatic rings. The third-order valence-corrected chi connectivity index (χ3v) is 4.14. The molecule has 0 bridgehead atoms. The summed E-state index contributed by atoms with van der Waals surface area (Å²) in [5, 5.41) is 13.4. The molecule has 0 radical (unpaired) electrons. The zero-order valence-corrected chi connectivity index (χ0v) is 12.7. The van der Waals surface area contributed by atoms with Crippen molar-refractivity contribution in [3.63, 3.8) is 0 Å². The highest BCUT2D eigenvalue weighted by Gasteiger charge is 2.33. The van der Waals surface area contributed by atoms with Crippen LogP contribution in [0, 0.1) is 5.92 Å². The molecule has 1 fully saturated rings. The second-order valence-electron chi connectivity index (χ2n) is 6.04. The monoisotopic (exact) mass is 292 g/mol. The topological polar surface area (TPSA) is 84.6 Å². The minimum Gasteiger partial charge on any atom is -0.494 e. The molecule has 1 aromatic rings. The van der Waals surface area contributed by atoms with E-state index < -0.39 is 5.60 Å². The summed E-state index contributed by atoms with van der Waals surface area (Å²) in [6, 6.07) is 5.06. The number of benzene rings is 1. The number of nitrogens with two attached hydrogens (primary N) is 1. The van der Waals surface area contributed by atoms with E-state index >= 15 is 0 Å². The van der Waals surface area contributed by atoms with Crippen LogP contribution in [-0.2, 0) is 0 Å². The van der Waals surface area contributed by atoms with Crippen molar-refractivity contribution in [1.29, 1.82) is 0 Å². The summed E-state index contributed by atoms with van der Waals surface area (Å²) in [6.45, 7) is 2.39. The smallest absolute Gasteiger partial charge is 0.255 e. The van der Waals surface area contributed by atoms with Crippen LogP contribution in [0.15, 0.2) is 18.2 Å². The summed E-state index contributed by atoms with van der Waals surface area (Å²) in [5.74, 6) is 0.590. The van der Waals surface area contributed by atoms with Crippen molar-refractivity contribution in [2.75, 3.05) is 19.4 Å². The first-order valence-corrected chi connectivity index (χ1v) is 7.38.